The summed E-state index contributed by atoms with van der Waals surface area (Å²) in [6.07, 6.45) is 1.84. The highest BCUT2D eigenvalue weighted by molar-refractivity contribution is 6.31. The molecule has 0 radical (unpaired) electrons. The summed E-state index contributed by atoms with van der Waals surface area (Å²) in [6, 6.07) is 1.11. The summed E-state index contributed by atoms with van der Waals surface area (Å²) in [6.45, 7) is 6.29. The van der Waals surface area contributed by atoms with Crippen LogP contribution in [0, 0.1) is 12.7 Å². The molecule has 4 rings (SSSR count). The number of anilines is 1. The Morgan fingerprint density at radius 1 is 1.47 bits per heavy atom. The smallest absolute Gasteiger partial charge is 0.227 e. The molecule has 1 aromatic carbocycles. The minimum atomic E-state index is -0.662. The number of carbonyl (C=O) groups excluding carboxylic acids is 1. The molecule has 1 aliphatic rings. The number of nitrogens with zero attached hydrogens (tertiary/aromatic N) is 4. The maximum atomic E-state index is 15.1. The van der Waals surface area contributed by atoms with Crippen molar-refractivity contribution >= 4 is 34.4 Å². The third kappa shape index (κ3) is 3.13. The second kappa shape index (κ2) is 7.71. The van der Waals surface area contributed by atoms with Crippen LogP contribution in [0.2, 0.25) is 5.02 Å². The van der Waals surface area contributed by atoms with Crippen LogP contribution >= 0.6 is 11.6 Å². The van der Waals surface area contributed by atoms with E-state index >= 15 is 4.39 Å². The molecule has 10 heteroatoms. The number of carbonyl (C=O) groups is 1. The topological polar surface area (TPSA) is 108 Å². The minimum absolute atomic E-state index is 0.0719. The summed E-state index contributed by atoms with van der Waals surface area (Å²) in [5.41, 5.74) is 8.03. The van der Waals surface area contributed by atoms with Crippen molar-refractivity contribution in [3.63, 3.8) is 0 Å². The quantitative estimate of drug-likeness (QED) is 0.641. The first kappa shape index (κ1) is 20.3. The molecule has 0 bridgehead atoms. The molecule has 30 heavy (non-hydrogen) atoms. The van der Waals surface area contributed by atoms with Crippen molar-refractivity contribution in [1.82, 2.24) is 25.1 Å². The predicted octanol–water partition coefficient (Wildman–Crippen LogP) is 3.12. The summed E-state index contributed by atoms with van der Waals surface area (Å²) in [5, 5.41) is 7.92. The van der Waals surface area contributed by atoms with E-state index < -0.39 is 17.8 Å². The van der Waals surface area contributed by atoms with Gasteiger partial charge in [0.1, 0.15) is 23.7 Å². The van der Waals surface area contributed by atoms with Gasteiger partial charge in [-0.2, -0.15) is 5.10 Å². The summed E-state index contributed by atoms with van der Waals surface area (Å²) < 4.78 is 22.7. The average Bonchev–Trinajstić information content (AvgIpc) is 3.28. The summed E-state index contributed by atoms with van der Waals surface area (Å²) in [5.74, 6) is -0.883. The monoisotopic (exact) mass is 432 g/mol. The number of nitrogens with two attached hydrogens (primary N) is 1. The third-order valence-electron chi connectivity index (χ3n) is 5.43. The van der Waals surface area contributed by atoms with Crippen LogP contribution in [0.5, 0.6) is 5.75 Å². The van der Waals surface area contributed by atoms with E-state index in [9.17, 15) is 4.79 Å². The highest BCUT2D eigenvalue weighted by atomic mass is 35.5. The molecule has 8 nitrogen and oxygen atoms in total. The van der Waals surface area contributed by atoms with Crippen molar-refractivity contribution in [2.24, 2.45) is 0 Å². The first-order valence-electron chi connectivity index (χ1n) is 9.72. The first-order valence-corrected chi connectivity index (χ1v) is 10.1. The van der Waals surface area contributed by atoms with E-state index in [0.717, 1.165) is 0 Å². The zero-order valence-corrected chi connectivity index (χ0v) is 17.6. The molecule has 2 aromatic heterocycles. The Kier molecular flexibility index (Phi) is 5.23. The number of nitrogens with one attached hydrogen (secondary N) is 1. The van der Waals surface area contributed by atoms with Crippen LogP contribution in [-0.4, -0.2) is 38.8 Å². The van der Waals surface area contributed by atoms with Gasteiger partial charge in [-0.15, -0.1) is 0 Å². The number of hydrogen-bond acceptors (Lipinski definition) is 6. The fraction of sp³-hybridized carbons (Fsp3) is 0.400. The van der Waals surface area contributed by atoms with Crippen molar-refractivity contribution in [2.45, 2.75) is 39.2 Å². The number of halogens is 2. The Balaban J connectivity index is 1.94. The van der Waals surface area contributed by atoms with Crippen molar-refractivity contribution in [3.8, 4) is 5.75 Å². The van der Waals surface area contributed by atoms with E-state index in [0.29, 0.717) is 53.4 Å². The second-order valence-corrected chi connectivity index (χ2v) is 7.64. The molecule has 1 aliphatic heterocycles. The van der Waals surface area contributed by atoms with E-state index in [1.54, 1.807) is 11.6 Å². The highest BCUT2D eigenvalue weighted by Gasteiger charge is 2.35. The van der Waals surface area contributed by atoms with Crippen LogP contribution in [0.3, 0.4) is 0 Å². The largest absolute Gasteiger partial charge is 0.493 e. The van der Waals surface area contributed by atoms with Crippen molar-refractivity contribution in [2.75, 3.05) is 18.9 Å². The molecule has 1 fully saturated rings. The van der Waals surface area contributed by atoms with Gasteiger partial charge in [-0.1, -0.05) is 11.6 Å². The van der Waals surface area contributed by atoms with Crippen LogP contribution < -0.4 is 15.8 Å². The molecule has 0 spiro atoms. The lowest BCUT2D eigenvalue weighted by Gasteiger charge is -2.23. The minimum Gasteiger partial charge on any atom is -0.493 e. The number of aromatic nitrogens is 4. The summed E-state index contributed by atoms with van der Waals surface area (Å²) in [4.78, 5) is 20.7. The Morgan fingerprint density at radius 2 is 2.23 bits per heavy atom. The molecule has 3 N–H and O–H groups in total. The Bertz CT molecular complexity index is 1150. The Labute approximate surface area is 177 Å². The molecule has 0 saturated carbocycles. The number of benzene rings is 1. The molecule has 3 heterocycles. The molecule has 3 aromatic rings. The lowest BCUT2D eigenvalue weighted by molar-refractivity contribution is -0.120. The van der Waals surface area contributed by atoms with Crippen molar-refractivity contribution in [1.29, 1.82) is 0 Å². The fourth-order valence-corrected chi connectivity index (χ4v) is 4.24. The number of nitrogen functional groups attached to an aromatic ring is 1. The van der Waals surface area contributed by atoms with E-state index in [1.807, 2.05) is 13.8 Å². The zero-order chi connectivity index (χ0) is 21.6. The normalized spacial score (nSPS) is 17.4. The lowest BCUT2D eigenvalue weighted by atomic mass is 9.92. The van der Waals surface area contributed by atoms with Gasteiger partial charge in [-0.25, -0.2) is 19.0 Å². The summed E-state index contributed by atoms with van der Waals surface area (Å²) in [7, 11) is 0. The van der Waals surface area contributed by atoms with Gasteiger partial charge in [0.2, 0.25) is 5.91 Å². The van der Waals surface area contributed by atoms with Crippen LogP contribution in [0.15, 0.2) is 12.4 Å². The predicted molar refractivity (Wildman–Crippen MR) is 111 cm³/mol. The van der Waals surface area contributed by atoms with Gasteiger partial charge >= 0.3 is 0 Å². The van der Waals surface area contributed by atoms with Gasteiger partial charge in [0.15, 0.2) is 5.65 Å². The van der Waals surface area contributed by atoms with Gasteiger partial charge in [0.25, 0.3) is 0 Å². The van der Waals surface area contributed by atoms with Crippen molar-refractivity contribution < 1.29 is 13.9 Å². The molecule has 1 saturated heterocycles. The third-order valence-corrected chi connectivity index (χ3v) is 5.71. The number of amides is 1. The molecule has 1 unspecified atom stereocenters. The molecular weight excluding hydrogens is 411 g/mol. The molecule has 1 amide bonds. The maximum Gasteiger partial charge on any atom is 0.227 e. The van der Waals surface area contributed by atoms with Crippen LogP contribution in [0.1, 0.15) is 49.0 Å². The standard InChI is InChI=1S/C20H22ClFN6O2/c1-4-30-17-12(7-13(21)16(22)15(17)11-5-6-24-20(11)29)10(3)28-19-14(9(2)27-28)18(23)25-8-26-19/h7-8,10-11H,4-6H2,1-3H3,(H,24,29)(H2,23,25,26)/t10-,11?/m0/s1. The number of fused-ring (bicyclic) bond motifs is 1. The second-order valence-electron chi connectivity index (χ2n) is 7.23. The SMILES string of the molecule is CCOc1c([C@H](C)n2nc(C)c3c(N)ncnc32)cc(Cl)c(F)c1C1CCNC1=O. The average molecular weight is 433 g/mol. The Morgan fingerprint density at radius 3 is 2.90 bits per heavy atom. The van der Waals surface area contributed by atoms with Crippen LogP contribution in [-0.2, 0) is 4.79 Å². The van der Waals surface area contributed by atoms with Gasteiger partial charge in [-0.05, 0) is 33.3 Å². The highest BCUT2D eigenvalue weighted by Crippen LogP contribution is 2.43. The lowest BCUT2D eigenvalue weighted by Crippen LogP contribution is -2.20. The number of rotatable bonds is 5. The van der Waals surface area contributed by atoms with Crippen LogP contribution in [0.4, 0.5) is 10.2 Å². The fourth-order valence-electron chi connectivity index (χ4n) is 4.02. The number of hydrogen-bond donors (Lipinski definition) is 2. The molecule has 0 aliphatic carbocycles. The molecule has 158 valence electrons. The molecular formula is C20H22ClFN6O2. The summed E-state index contributed by atoms with van der Waals surface area (Å²) >= 11 is 6.26. The molecule has 2 atom stereocenters. The van der Waals surface area contributed by atoms with Gasteiger partial charge < -0.3 is 15.8 Å². The van der Waals surface area contributed by atoms with Crippen LogP contribution in [0.25, 0.3) is 11.0 Å². The van der Waals surface area contributed by atoms with Gasteiger partial charge in [0, 0.05) is 17.7 Å². The number of ether oxygens (including phenoxy) is 1. The van der Waals surface area contributed by atoms with Gasteiger partial charge in [-0.3, -0.25) is 4.79 Å². The van der Waals surface area contributed by atoms with E-state index in [1.165, 1.54) is 12.4 Å². The zero-order valence-electron chi connectivity index (χ0n) is 16.9. The maximum absolute atomic E-state index is 15.1. The first-order chi connectivity index (χ1) is 14.3. The van der Waals surface area contributed by atoms with E-state index in [2.05, 4.69) is 20.4 Å². The van der Waals surface area contributed by atoms with Crippen molar-refractivity contribution in [3.05, 3.63) is 40.1 Å². The number of aryl methyl sites for hydroxylation is 1. The van der Waals surface area contributed by atoms with E-state index in [-0.39, 0.29) is 16.5 Å². The van der Waals surface area contributed by atoms with E-state index in [4.69, 9.17) is 22.1 Å². The van der Waals surface area contributed by atoms with Gasteiger partial charge in [0.05, 0.1) is 34.7 Å². The Hall–Kier alpha value is -2.94.